The quantitative estimate of drug-likeness (QED) is 0.695. The molecule has 0 unspecified atom stereocenters. The lowest BCUT2D eigenvalue weighted by Crippen LogP contribution is -2.54. The van der Waals surface area contributed by atoms with Crippen LogP contribution < -0.4 is 5.73 Å². The summed E-state index contributed by atoms with van der Waals surface area (Å²) in [6.45, 7) is 1.17. The van der Waals surface area contributed by atoms with E-state index >= 15 is 0 Å². The van der Waals surface area contributed by atoms with Crippen molar-refractivity contribution in [2.45, 2.75) is 5.54 Å². The van der Waals surface area contributed by atoms with Gasteiger partial charge in [-0.15, -0.1) is 0 Å². The van der Waals surface area contributed by atoms with E-state index in [1.165, 1.54) is 0 Å². The molecule has 2 aromatic rings. The molecule has 1 aliphatic heterocycles. The minimum absolute atomic E-state index is 0.327. The molecule has 1 fully saturated rings. The number of ether oxygens (including phenoxy) is 1. The van der Waals surface area contributed by atoms with Crippen LogP contribution in [0.3, 0.4) is 0 Å². The van der Waals surface area contributed by atoms with E-state index in [-0.39, 0.29) is 5.54 Å². The molecule has 3 heterocycles. The third kappa shape index (κ3) is 0.981. The van der Waals surface area contributed by atoms with Gasteiger partial charge in [0, 0.05) is 12.4 Å². The first-order chi connectivity index (χ1) is 6.78. The molecule has 0 saturated carbocycles. The molecule has 2 aromatic heterocycles. The molecular formula is C10H11N3O. The van der Waals surface area contributed by atoms with Gasteiger partial charge in [0.1, 0.15) is 0 Å². The molecule has 0 spiro atoms. The minimum atomic E-state index is -0.327. The van der Waals surface area contributed by atoms with Gasteiger partial charge in [0.15, 0.2) is 0 Å². The van der Waals surface area contributed by atoms with Crippen molar-refractivity contribution < 1.29 is 4.74 Å². The molecule has 0 aliphatic carbocycles. The van der Waals surface area contributed by atoms with Gasteiger partial charge in [-0.1, -0.05) is 0 Å². The molecule has 1 aliphatic rings. The summed E-state index contributed by atoms with van der Waals surface area (Å²) in [6, 6.07) is 3.99. The molecule has 4 heteroatoms. The summed E-state index contributed by atoms with van der Waals surface area (Å²) < 4.78 is 5.12. The van der Waals surface area contributed by atoms with Gasteiger partial charge in [0.05, 0.1) is 29.8 Å². The molecule has 0 bridgehead atoms. The lowest BCUT2D eigenvalue weighted by atomic mass is 9.90. The fraction of sp³-hybridized carbons (Fsp3) is 0.300. The van der Waals surface area contributed by atoms with Crippen LogP contribution in [0.15, 0.2) is 24.5 Å². The van der Waals surface area contributed by atoms with Crippen molar-refractivity contribution in [1.29, 1.82) is 0 Å². The summed E-state index contributed by atoms with van der Waals surface area (Å²) in [7, 11) is 0. The van der Waals surface area contributed by atoms with Gasteiger partial charge < -0.3 is 15.5 Å². The number of aromatic amines is 1. The van der Waals surface area contributed by atoms with Crippen molar-refractivity contribution in [1.82, 2.24) is 9.97 Å². The lowest BCUT2D eigenvalue weighted by Gasteiger charge is -2.37. The van der Waals surface area contributed by atoms with Crippen LogP contribution >= 0.6 is 0 Å². The van der Waals surface area contributed by atoms with Crippen LogP contribution in [0.2, 0.25) is 0 Å². The van der Waals surface area contributed by atoms with Crippen molar-refractivity contribution in [3.05, 3.63) is 30.1 Å². The number of nitrogens with zero attached hydrogens (tertiary/aromatic N) is 1. The topological polar surface area (TPSA) is 63.9 Å². The van der Waals surface area contributed by atoms with E-state index in [4.69, 9.17) is 10.5 Å². The van der Waals surface area contributed by atoms with E-state index in [2.05, 4.69) is 9.97 Å². The normalized spacial score (nSPS) is 19.5. The van der Waals surface area contributed by atoms with Gasteiger partial charge in [0.2, 0.25) is 0 Å². The number of nitrogens with one attached hydrogen (secondary N) is 1. The summed E-state index contributed by atoms with van der Waals surface area (Å²) in [6.07, 6.45) is 3.71. The van der Waals surface area contributed by atoms with Gasteiger partial charge in [-0.2, -0.15) is 0 Å². The molecule has 14 heavy (non-hydrogen) atoms. The first-order valence-electron chi connectivity index (χ1n) is 4.58. The highest BCUT2D eigenvalue weighted by Crippen LogP contribution is 2.27. The molecule has 0 amide bonds. The van der Waals surface area contributed by atoms with Crippen molar-refractivity contribution in [3.63, 3.8) is 0 Å². The second-order valence-electron chi connectivity index (χ2n) is 3.78. The Hall–Kier alpha value is -1.39. The highest BCUT2D eigenvalue weighted by molar-refractivity contribution is 5.75. The number of rotatable bonds is 1. The number of nitrogens with two attached hydrogens (primary N) is 1. The average molecular weight is 189 g/mol. The Kier molecular flexibility index (Phi) is 1.45. The SMILES string of the molecule is NC1(c2cnc3cc[nH]c3c2)COC1. The Morgan fingerprint density at radius 3 is 3.07 bits per heavy atom. The Balaban J connectivity index is 2.13. The first-order valence-corrected chi connectivity index (χ1v) is 4.58. The van der Waals surface area contributed by atoms with Crippen molar-refractivity contribution >= 4 is 11.0 Å². The molecule has 0 aromatic carbocycles. The maximum Gasteiger partial charge on any atom is 0.0899 e. The zero-order chi connectivity index (χ0) is 9.60. The molecule has 4 nitrogen and oxygen atoms in total. The van der Waals surface area contributed by atoms with E-state index in [0.29, 0.717) is 13.2 Å². The first kappa shape index (κ1) is 7.96. The molecule has 72 valence electrons. The highest BCUT2D eigenvalue weighted by Gasteiger charge is 2.36. The number of hydrogen-bond donors (Lipinski definition) is 2. The lowest BCUT2D eigenvalue weighted by molar-refractivity contribution is -0.0570. The van der Waals surface area contributed by atoms with E-state index in [1.807, 2.05) is 24.5 Å². The van der Waals surface area contributed by atoms with Gasteiger partial charge in [0.25, 0.3) is 0 Å². The van der Waals surface area contributed by atoms with E-state index in [0.717, 1.165) is 16.6 Å². The third-order valence-corrected chi connectivity index (χ3v) is 2.69. The fourth-order valence-electron chi connectivity index (χ4n) is 1.70. The minimum Gasteiger partial charge on any atom is -0.377 e. The Morgan fingerprint density at radius 1 is 1.50 bits per heavy atom. The highest BCUT2D eigenvalue weighted by atomic mass is 16.5. The van der Waals surface area contributed by atoms with E-state index in [1.54, 1.807) is 0 Å². The largest absolute Gasteiger partial charge is 0.377 e. The van der Waals surface area contributed by atoms with Crippen LogP contribution in [0, 0.1) is 0 Å². The van der Waals surface area contributed by atoms with Crippen molar-refractivity contribution in [2.75, 3.05) is 13.2 Å². The number of hydrogen-bond acceptors (Lipinski definition) is 3. The zero-order valence-corrected chi connectivity index (χ0v) is 7.66. The predicted molar refractivity (Wildman–Crippen MR) is 52.8 cm³/mol. The van der Waals surface area contributed by atoms with Crippen LogP contribution in [0.25, 0.3) is 11.0 Å². The molecule has 3 rings (SSSR count). The van der Waals surface area contributed by atoms with Crippen molar-refractivity contribution in [2.24, 2.45) is 5.73 Å². The van der Waals surface area contributed by atoms with Crippen LogP contribution in [-0.4, -0.2) is 23.2 Å². The van der Waals surface area contributed by atoms with Crippen LogP contribution in [0.1, 0.15) is 5.56 Å². The zero-order valence-electron chi connectivity index (χ0n) is 7.66. The summed E-state index contributed by atoms with van der Waals surface area (Å²) in [5.74, 6) is 0. The van der Waals surface area contributed by atoms with Crippen LogP contribution in [0.5, 0.6) is 0 Å². The van der Waals surface area contributed by atoms with Crippen LogP contribution in [-0.2, 0) is 10.3 Å². The van der Waals surface area contributed by atoms with Gasteiger partial charge in [-0.3, -0.25) is 4.98 Å². The predicted octanol–water partition coefficient (Wildman–Crippen LogP) is 0.747. The van der Waals surface area contributed by atoms with Gasteiger partial charge >= 0.3 is 0 Å². The molecule has 0 atom stereocenters. The fourth-order valence-corrected chi connectivity index (χ4v) is 1.70. The Bertz CT molecular complexity index is 473. The number of fused-ring (bicyclic) bond motifs is 1. The summed E-state index contributed by atoms with van der Waals surface area (Å²) >= 11 is 0. The molecule has 0 radical (unpaired) electrons. The summed E-state index contributed by atoms with van der Waals surface area (Å²) in [5, 5.41) is 0. The second-order valence-corrected chi connectivity index (χ2v) is 3.78. The summed E-state index contributed by atoms with van der Waals surface area (Å²) in [5.41, 5.74) is 8.82. The average Bonchev–Trinajstić information content (AvgIpc) is 2.60. The van der Waals surface area contributed by atoms with Gasteiger partial charge in [-0.05, 0) is 17.7 Å². The Morgan fingerprint density at radius 2 is 2.36 bits per heavy atom. The number of aromatic nitrogens is 2. The van der Waals surface area contributed by atoms with Crippen molar-refractivity contribution in [3.8, 4) is 0 Å². The monoisotopic (exact) mass is 189 g/mol. The molecular weight excluding hydrogens is 178 g/mol. The Labute approximate surface area is 81.1 Å². The van der Waals surface area contributed by atoms with Gasteiger partial charge in [-0.25, -0.2) is 0 Å². The summed E-state index contributed by atoms with van der Waals surface area (Å²) in [4.78, 5) is 7.44. The molecule has 3 N–H and O–H groups in total. The van der Waals surface area contributed by atoms with Crippen LogP contribution in [0.4, 0.5) is 0 Å². The third-order valence-electron chi connectivity index (χ3n) is 2.69. The standard InChI is InChI=1S/C10H11N3O/c11-10(5-14-6-10)7-3-9-8(13-4-7)1-2-12-9/h1-4,12H,5-6,11H2. The van der Waals surface area contributed by atoms with E-state index < -0.39 is 0 Å². The number of H-pyrrole nitrogens is 1. The smallest absolute Gasteiger partial charge is 0.0899 e. The second kappa shape index (κ2) is 2.56. The maximum atomic E-state index is 6.11. The number of pyridine rings is 1. The maximum absolute atomic E-state index is 6.11. The van der Waals surface area contributed by atoms with E-state index in [9.17, 15) is 0 Å². The molecule has 1 saturated heterocycles.